The lowest BCUT2D eigenvalue weighted by atomic mass is 10.0. The van der Waals surface area contributed by atoms with Gasteiger partial charge in [0.15, 0.2) is 5.76 Å². The van der Waals surface area contributed by atoms with Crippen LogP contribution in [0.25, 0.3) is 22.6 Å². The van der Waals surface area contributed by atoms with Crippen molar-refractivity contribution >= 4 is 5.95 Å². The van der Waals surface area contributed by atoms with Crippen LogP contribution < -0.4 is 4.90 Å². The molecule has 0 aromatic carbocycles. The Bertz CT molecular complexity index is 897. The van der Waals surface area contributed by atoms with Crippen LogP contribution in [0.15, 0.2) is 35.1 Å². The van der Waals surface area contributed by atoms with Crippen LogP contribution in [-0.4, -0.2) is 33.2 Å². The SMILES string of the molecule is Cc1cc(-c2cnc(N3CCCCCC3)nc2-c2cccnc2C)on1. The Kier molecular flexibility index (Phi) is 4.65. The summed E-state index contributed by atoms with van der Waals surface area (Å²) in [7, 11) is 0. The Morgan fingerprint density at radius 3 is 2.50 bits per heavy atom. The second kappa shape index (κ2) is 7.23. The Morgan fingerprint density at radius 2 is 1.81 bits per heavy atom. The molecule has 0 atom stereocenters. The van der Waals surface area contributed by atoms with Gasteiger partial charge < -0.3 is 9.42 Å². The van der Waals surface area contributed by atoms with Crippen molar-refractivity contribution in [2.75, 3.05) is 18.0 Å². The molecular weight excluding hydrogens is 326 g/mol. The second-order valence-electron chi connectivity index (χ2n) is 6.80. The topological polar surface area (TPSA) is 67.9 Å². The van der Waals surface area contributed by atoms with Crippen LogP contribution in [0, 0.1) is 13.8 Å². The van der Waals surface area contributed by atoms with E-state index in [1.165, 1.54) is 25.7 Å². The van der Waals surface area contributed by atoms with Crippen molar-refractivity contribution in [3.63, 3.8) is 0 Å². The lowest BCUT2D eigenvalue weighted by Gasteiger charge is -2.21. The van der Waals surface area contributed by atoms with Crippen LogP contribution in [0.5, 0.6) is 0 Å². The molecule has 4 heterocycles. The number of hydrogen-bond acceptors (Lipinski definition) is 6. The number of aryl methyl sites for hydroxylation is 2. The average molecular weight is 349 g/mol. The smallest absolute Gasteiger partial charge is 0.225 e. The molecule has 4 rings (SSSR count). The summed E-state index contributed by atoms with van der Waals surface area (Å²) in [6, 6.07) is 5.90. The summed E-state index contributed by atoms with van der Waals surface area (Å²) in [5, 5.41) is 4.02. The fourth-order valence-electron chi connectivity index (χ4n) is 3.41. The van der Waals surface area contributed by atoms with Crippen molar-refractivity contribution in [2.24, 2.45) is 0 Å². The number of hydrogen-bond donors (Lipinski definition) is 0. The minimum atomic E-state index is 0.683. The number of nitrogens with zero attached hydrogens (tertiary/aromatic N) is 5. The van der Waals surface area contributed by atoms with Gasteiger partial charge in [-0.3, -0.25) is 4.98 Å². The minimum absolute atomic E-state index is 0.683. The number of pyridine rings is 1. The molecule has 134 valence electrons. The average Bonchev–Trinajstić information content (AvgIpc) is 2.92. The lowest BCUT2D eigenvalue weighted by Crippen LogP contribution is -2.26. The fourth-order valence-corrected chi connectivity index (χ4v) is 3.41. The van der Waals surface area contributed by atoms with E-state index in [2.05, 4.69) is 20.0 Å². The van der Waals surface area contributed by atoms with Gasteiger partial charge in [-0.1, -0.05) is 18.0 Å². The monoisotopic (exact) mass is 349 g/mol. The van der Waals surface area contributed by atoms with E-state index in [1.54, 1.807) is 6.20 Å². The molecule has 1 aliphatic rings. The Morgan fingerprint density at radius 1 is 1.00 bits per heavy atom. The number of rotatable bonds is 3. The van der Waals surface area contributed by atoms with Crippen LogP contribution >= 0.6 is 0 Å². The van der Waals surface area contributed by atoms with Gasteiger partial charge in [-0.15, -0.1) is 0 Å². The van der Waals surface area contributed by atoms with Crippen molar-refractivity contribution < 1.29 is 4.52 Å². The fraction of sp³-hybridized carbons (Fsp3) is 0.400. The van der Waals surface area contributed by atoms with E-state index in [-0.39, 0.29) is 0 Å². The predicted octanol–water partition coefficient (Wildman–Crippen LogP) is 4.19. The molecule has 0 saturated carbocycles. The first-order chi connectivity index (χ1) is 12.7. The predicted molar refractivity (Wildman–Crippen MR) is 101 cm³/mol. The molecular formula is C20H23N5O. The summed E-state index contributed by atoms with van der Waals surface area (Å²) < 4.78 is 5.49. The maximum atomic E-state index is 5.49. The van der Waals surface area contributed by atoms with E-state index in [0.29, 0.717) is 5.76 Å². The highest BCUT2D eigenvalue weighted by atomic mass is 16.5. The van der Waals surface area contributed by atoms with Crippen LogP contribution in [0.2, 0.25) is 0 Å². The molecule has 0 radical (unpaired) electrons. The summed E-state index contributed by atoms with van der Waals surface area (Å²) in [5.41, 5.74) is 4.47. The summed E-state index contributed by atoms with van der Waals surface area (Å²) in [6.07, 6.45) is 8.59. The first-order valence-corrected chi connectivity index (χ1v) is 9.20. The van der Waals surface area contributed by atoms with Gasteiger partial charge in [-0.2, -0.15) is 0 Å². The molecule has 0 unspecified atom stereocenters. The van der Waals surface area contributed by atoms with Crippen molar-refractivity contribution in [2.45, 2.75) is 39.5 Å². The molecule has 26 heavy (non-hydrogen) atoms. The lowest BCUT2D eigenvalue weighted by molar-refractivity contribution is 0.427. The van der Waals surface area contributed by atoms with Gasteiger partial charge in [0.25, 0.3) is 0 Å². The van der Waals surface area contributed by atoms with Crippen molar-refractivity contribution in [1.82, 2.24) is 20.1 Å². The number of aromatic nitrogens is 4. The molecule has 0 N–H and O–H groups in total. The highest BCUT2D eigenvalue weighted by molar-refractivity contribution is 5.79. The summed E-state index contributed by atoms with van der Waals surface area (Å²) in [4.78, 5) is 16.3. The third-order valence-electron chi connectivity index (χ3n) is 4.82. The van der Waals surface area contributed by atoms with Crippen LogP contribution in [0.1, 0.15) is 37.1 Å². The van der Waals surface area contributed by atoms with E-state index in [0.717, 1.165) is 47.2 Å². The van der Waals surface area contributed by atoms with E-state index < -0.39 is 0 Å². The molecule has 0 spiro atoms. The van der Waals surface area contributed by atoms with Crippen LogP contribution in [0.4, 0.5) is 5.95 Å². The zero-order valence-electron chi connectivity index (χ0n) is 15.3. The van der Waals surface area contributed by atoms with Gasteiger partial charge in [0, 0.05) is 42.8 Å². The second-order valence-corrected chi connectivity index (χ2v) is 6.80. The van der Waals surface area contributed by atoms with Gasteiger partial charge >= 0.3 is 0 Å². The van der Waals surface area contributed by atoms with Gasteiger partial charge in [-0.05, 0) is 38.8 Å². The molecule has 0 amide bonds. The first kappa shape index (κ1) is 16.7. The van der Waals surface area contributed by atoms with Gasteiger partial charge in [0.1, 0.15) is 0 Å². The molecule has 1 aliphatic heterocycles. The largest absolute Gasteiger partial charge is 0.356 e. The van der Waals surface area contributed by atoms with Crippen molar-refractivity contribution in [3.8, 4) is 22.6 Å². The normalized spacial score (nSPS) is 15.1. The van der Waals surface area contributed by atoms with Gasteiger partial charge in [0.2, 0.25) is 5.95 Å². The molecule has 0 bridgehead atoms. The molecule has 3 aromatic rings. The van der Waals surface area contributed by atoms with Crippen molar-refractivity contribution in [3.05, 3.63) is 42.0 Å². The molecule has 6 heteroatoms. The molecule has 0 aliphatic carbocycles. The maximum Gasteiger partial charge on any atom is 0.225 e. The maximum absolute atomic E-state index is 5.49. The molecule has 6 nitrogen and oxygen atoms in total. The van der Waals surface area contributed by atoms with Crippen LogP contribution in [0.3, 0.4) is 0 Å². The van der Waals surface area contributed by atoms with Gasteiger partial charge in [0.05, 0.1) is 17.0 Å². The summed E-state index contributed by atoms with van der Waals surface area (Å²) in [5.74, 6) is 1.47. The quantitative estimate of drug-likeness (QED) is 0.706. The van der Waals surface area contributed by atoms with Gasteiger partial charge in [-0.25, -0.2) is 9.97 Å². The third kappa shape index (κ3) is 3.31. The molecule has 1 saturated heterocycles. The van der Waals surface area contributed by atoms with Crippen molar-refractivity contribution in [1.29, 1.82) is 0 Å². The van der Waals surface area contributed by atoms with E-state index in [9.17, 15) is 0 Å². The zero-order valence-corrected chi connectivity index (χ0v) is 15.3. The zero-order chi connectivity index (χ0) is 17.9. The first-order valence-electron chi connectivity index (χ1n) is 9.20. The number of anilines is 1. The van der Waals surface area contributed by atoms with Crippen LogP contribution in [-0.2, 0) is 0 Å². The highest BCUT2D eigenvalue weighted by Gasteiger charge is 2.20. The third-order valence-corrected chi connectivity index (χ3v) is 4.82. The van der Waals surface area contributed by atoms with E-state index in [4.69, 9.17) is 9.51 Å². The minimum Gasteiger partial charge on any atom is -0.356 e. The van der Waals surface area contributed by atoms with E-state index >= 15 is 0 Å². The summed E-state index contributed by atoms with van der Waals surface area (Å²) in [6.45, 7) is 5.92. The van der Waals surface area contributed by atoms with E-state index in [1.807, 2.05) is 38.2 Å². The Balaban J connectivity index is 1.83. The Hall–Kier alpha value is -2.76. The highest BCUT2D eigenvalue weighted by Crippen LogP contribution is 2.33. The molecule has 3 aromatic heterocycles. The summed E-state index contributed by atoms with van der Waals surface area (Å²) >= 11 is 0. The Labute approximate surface area is 153 Å². The standard InChI is InChI=1S/C20H23N5O/c1-14-12-18(26-24-14)17-13-22-20(25-10-5-3-4-6-11-25)23-19(17)16-8-7-9-21-15(16)2/h7-9,12-13H,3-6,10-11H2,1-2H3. The molecule has 1 fully saturated rings.